The maximum Gasteiger partial charge on any atom is 0.258 e. The number of halogens is 16. The predicted molar refractivity (Wildman–Crippen MR) is 137 cm³/mol. The summed E-state index contributed by atoms with van der Waals surface area (Å²) < 4.78 is 241. The predicted octanol–water partition coefficient (Wildman–Crippen LogP) is 7.67. The molecule has 0 nitrogen and oxygen atoms in total. The van der Waals surface area contributed by atoms with E-state index in [1.165, 1.54) is 0 Å². The quantitative estimate of drug-likeness (QED) is 0.0770. The highest BCUT2D eigenvalue weighted by Crippen LogP contribution is 2.42. The molecule has 0 unspecified atom stereocenters. The second-order valence-corrected chi connectivity index (χ2v) is 10.3. The van der Waals surface area contributed by atoms with Crippen LogP contribution in [0, 0.1) is 93.1 Å². The minimum absolute atomic E-state index is 0.0411. The molecule has 0 amide bonds. The second-order valence-electron chi connectivity index (χ2n) is 10.3. The third-order valence-electron chi connectivity index (χ3n) is 7.89. The Morgan fingerprint density at radius 3 is 1.40 bits per heavy atom. The molecule has 0 N–H and O–H groups in total. The molecule has 6 rings (SSSR count). The normalized spacial score (nSPS) is 12.1. The van der Waals surface area contributed by atoms with Crippen LogP contribution in [0.3, 0.4) is 0 Å². The molecule has 0 atom stereocenters. The van der Waals surface area contributed by atoms with Crippen LogP contribution in [-0.2, 0) is 6.42 Å². The number of hydrogen-bond donors (Lipinski definition) is 0. The van der Waals surface area contributed by atoms with Crippen LogP contribution in [0.25, 0.3) is 22.3 Å². The fourth-order valence-corrected chi connectivity index (χ4v) is 5.88. The van der Waals surface area contributed by atoms with Gasteiger partial charge in [0.15, 0.2) is 75.6 Å². The lowest BCUT2D eigenvalue weighted by Gasteiger charge is -2.25. The van der Waals surface area contributed by atoms with Crippen molar-refractivity contribution in [3.05, 3.63) is 135 Å². The fraction of sp³-hybridized carbons (Fsp3) is 0.0323. The summed E-state index contributed by atoms with van der Waals surface area (Å²) in [6.45, 7) is -3.49. The molecular formula is C31H7BF16. The van der Waals surface area contributed by atoms with Gasteiger partial charge in [-0.15, -0.1) is 0 Å². The van der Waals surface area contributed by atoms with Crippen LogP contribution in [0.5, 0.6) is 0 Å². The van der Waals surface area contributed by atoms with Crippen molar-refractivity contribution in [1.29, 1.82) is 0 Å². The average molecular weight is 694 g/mol. The number of rotatable bonds is 4. The largest absolute Gasteiger partial charge is 0.258 e. The molecule has 17 heteroatoms. The molecule has 1 aliphatic rings. The van der Waals surface area contributed by atoms with Crippen LogP contribution < -0.4 is 16.4 Å². The van der Waals surface area contributed by atoms with Crippen molar-refractivity contribution in [2.75, 3.05) is 0 Å². The molecule has 0 saturated carbocycles. The monoisotopic (exact) mass is 694 g/mol. The van der Waals surface area contributed by atoms with E-state index in [-0.39, 0.29) is 17.7 Å². The average Bonchev–Trinajstić information content (AvgIpc) is 3.45. The summed E-state index contributed by atoms with van der Waals surface area (Å²) in [7, 11) is 0. The first kappa shape index (κ1) is 33.0. The lowest BCUT2D eigenvalue weighted by molar-refractivity contribution is 0.379. The Morgan fingerprint density at radius 2 is 0.792 bits per heavy atom. The van der Waals surface area contributed by atoms with Crippen molar-refractivity contribution in [3.8, 4) is 22.3 Å². The van der Waals surface area contributed by atoms with E-state index < -0.39 is 150 Å². The molecule has 0 saturated heterocycles. The van der Waals surface area contributed by atoms with Gasteiger partial charge in [0.2, 0.25) is 5.82 Å². The Bertz CT molecular complexity index is 2220. The molecule has 0 bridgehead atoms. The first-order chi connectivity index (χ1) is 22.5. The Morgan fingerprint density at radius 1 is 0.333 bits per heavy atom. The van der Waals surface area contributed by atoms with Gasteiger partial charge in [-0.2, -0.15) is 0 Å². The second kappa shape index (κ2) is 11.3. The molecule has 0 radical (unpaired) electrons. The van der Waals surface area contributed by atoms with E-state index in [1.807, 2.05) is 0 Å². The maximum atomic E-state index is 16.0. The van der Waals surface area contributed by atoms with E-state index in [0.29, 0.717) is 6.07 Å². The van der Waals surface area contributed by atoms with Gasteiger partial charge in [0.25, 0.3) is 6.71 Å². The molecule has 5 aromatic rings. The van der Waals surface area contributed by atoms with E-state index >= 15 is 39.5 Å². The summed E-state index contributed by atoms with van der Waals surface area (Å²) in [6.07, 6.45) is -0.938. The van der Waals surface area contributed by atoms with Crippen LogP contribution in [0.1, 0.15) is 11.1 Å². The molecular weight excluding hydrogens is 687 g/mol. The molecule has 0 heterocycles. The topological polar surface area (TPSA) is 0 Å². The van der Waals surface area contributed by atoms with Crippen LogP contribution in [-0.4, -0.2) is 6.71 Å². The van der Waals surface area contributed by atoms with Gasteiger partial charge in [-0.25, -0.2) is 70.2 Å². The summed E-state index contributed by atoms with van der Waals surface area (Å²) in [4.78, 5) is 0. The highest BCUT2D eigenvalue weighted by Gasteiger charge is 2.45. The maximum absolute atomic E-state index is 16.0. The fourth-order valence-electron chi connectivity index (χ4n) is 5.88. The van der Waals surface area contributed by atoms with Gasteiger partial charge < -0.3 is 0 Å². The van der Waals surface area contributed by atoms with E-state index in [2.05, 4.69) is 0 Å². The smallest absolute Gasteiger partial charge is 0.207 e. The minimum atomic E-state index is -3.49. The van der Waals surface area contributed by atoms with E-state index in [9.17, 15) is 30.7 Å². The third kappa shape index (κ3) is 4.42. The first-order valence-electron chi connectivity index (χ1n) is 13.0. The van der Waals surface area contributed by atoms with Gasteiger partial charge in [-0.05, 0) is 46.7 Å². The highest BCUT2D eigenvalue weighted by atomic mass is 19.2. The zero-order valence-electron chi connectivity index (χ0n) is 22.7. The molecule has 0 aromatic heterocycles. The van der Waals surface area contributed by atoms with Crippen molar-refractivity contribution in [3.63, 3.8) is 0 Å². The lowest BCUT2D eigenvalue weighted by Crippen LogP contribution is -2.59. The summed E-state index contributed by atoms with van der Waals surface area (Å²) in [5.74, 6) is -42.0. The van der Waals surface area contributed by atoms with E-state index in [1.54, 1.807) is 0 Å². The summed E-state index contributed by atoms with van der Waals surface area (Å²) in [5, 5.41) is 0. The van der Waals surface area contributed by atoms with Gasteiger partial charge in [0.05, 0.1) is 5.56 Å². The lowest BCUT2D eigenvalue weighted by atomic mass is 9.34. The number of fused-ring (bicyclic) bond motifs is 3. The van der Waals surface area contributed by atoms with Crippen molar-refractivity contribution in [1.82, 2.24) is 0 Å². The van der Waals surface area contributed by atoms with Gasteiger partial charge in [-0.3, -0.25) is 0 Å². The summed E-state index contributed by atoms with van der Waals surface area (Å²) >= 11 is 0. The molecule has 5 aromatic carbocycles. The Kier molecular flexibility index (Phi) is 7.79. The van der Waals surface area contributed by atoms with E-state index in [4.69, 9.17) is 0 Å². The molecule has 0 aliphatic heterocycles. The van der Waals surface area contributed by atoms with Crippen LogP contribution in [0.15, 0.2) is 30.3 Å². The zero-order chi connectivity index (χ0) is 35.3. The van der Waals surface area contributed by atoms with Gasteiger partial charge >= 0.3 is 0 Å². The number of hydrogen-bond acceptors (Lipinski definition) is 0. The van der Waals surface area contributed by atoms with Crippen LogP contribution in [0.4, 0.5) is 70.2 Å². The molecule has 48 heavy (non-hydrogen) atoms. The number of benzene rings is 5. The summed E-state index contributed by atoms with van der Waals surface area (Å²) in [6, 6.07) is 2.87. The van der Waals surface area contributed by atoms with Crippen molar-refractivity contribution in [2.24, 2.45) is 0 Å². The standard InChI is InChI=1S/C31H7BF16/c33-9-3-1-2-7-6-8-13(12(7)9)20(37)26(43)24(41)16(8)32(17-10(34)4-5-11(35)19(17)36)18-14(21(38)27(44)30(47)25(18)42)15-22(39)28(45)31(48)29(46)23(15)40/h1-5H,6H2. The zero-order valence-corrected chi connectivity index (χ0v) is 22.7. The highest BCUT2D eigenvalue weighted by molar-refractivity contribution is 6.97. The van der Waals surface area contributed by atoms with Gasteiger partial charge in [0, 0.05) is 22.2 Å². The van der Waals surface area contributed by atoms with Crippen molar-refractivity contribution >= 4 is 23.1 Å². The van der Waals surface area contributed by atoms with Gasteiger partial charge in [-0.1, -0.05) is 12.1 Å². The summed E-state index contributed by atoms with van der Waals surface area (Å²) in [5.41, 5.74) is -14.6. The van der Waals surface area contributed by atoms with Crippen LogP contribution in [0.2, 0.25) is 0 Å². The van der Waals surface area contributed by atoms with Crippen molar-refractivity contribution in [2.45, 2.75) is 6.42 Å². The minimum Gasteiger partial charge on any atom is -0.207 e. The molecule has 1 aliphatic carbocycles. The molecule has 0 spiro atoms. The van der Waals surface area contributed by atoms with E-state index in [0.717, 1.165) is 12.1 Å². The van der Waals surface area contributed by atoms with Gasteiger partial charge in [0.1, 0.15) is 11.6 Å². The van der Waals surface area contributed by atoms with Crippen molar-refractivity contribution < 1.29 is 70.2 Å². The molecule has 0 fully saturated rings. The SMILES string of the molecule is Fc1ccc(F)c(B(c2c(F)c(F)c(F)c3c2Cc2cccc(F)c2-3)c2c(F)c(F)c(F)c(F)c2-c2c(F)c(F)c(F)c(F)c2F)c1F. The van der Waals surface area contributed by atoms with Crippen LogP contribution >= 0.6 is 0 Å². The third-order valence-corrected chi connectivity index (χ3v) is 7.89. The first-order valence-corrected chi connectivity index (χ1v) is 13.0. The Balaban J connectivity index is 1.90. The molecule has 246 valence electrons. The Labute approximate surface area is 256 Å². The Hall–Kier alpha value is -4.96.